The monoisotopic (exact) mass is 499 g/mol. The summed E-state index contributed by atoms with van der Waals surface area (Å²) in [6.45, 7) is 5.13. The molecular weight excluding hydrogens is 466 g/mol. The molecule has 0 aliphatic carbocycles. The summed E-state index contributed by atoms with van der Waals surface area (Å²) in [6.07, 6.45) is 2.02. The van der Waals surface area contributed by atoms with Crippen molar-refractivity contribution in [2.24, 2.45) is 5.73 Å². The van der Waals surface area contributed by atoms with E-state index in [0.717, 1.165) is 5.56 Å². The number of anilines is 1. The van der Waals surface area contributed by atoms with Crippen LogP contribution in [0.3, 0.4) is 0 Å². The zero-order valence-electron chi connectivity index (χ0n) is 20.3. The second kappa shape index (κ2) is 13.3. The molecule has 1 saturated heterocycles. The van der Waals surface area contributed by atoms with Crippen LogP contribution >= 0.6 is 0 Å². The number of rotatable bonds is 14. The summed E-state index contributed by atoms with van der Waals surface area (Å²) in [7, 11) is 1.60. The molecule has 5 N–H and O–H groups in total. The van der Waals surface area contributed by atoms with Crippen LogP contribution in [0.5, 0.6) is 5.75 Å². The number of benzene rings is 1. The zero-order valence-corrected chi connectivity index (χ0v) is 20.3. The number of hydrogen-bond donors (Lipinski definition) is 4. The minimum Gasteiger partial charge on any atom is -0.497 e. The molecule has 2 aromatic rings. The first-order valence-corrected chi connectivity index (χ1v) is 11.6. The van der Waals surface area contributed by atoms with Crippen molar-refractivity contribution >= 4 is 17.7 Å². The van der Waals surface area contributed by atoms with Gasteiger partial charge in [0.05, 0.1) is 19.3 Å². The smallest absolute Gasteiger partial charge is 0.322 e. The summed E-state index contributed by atoms with van der Waals surface area (Å²) < 4.78 is 17.0. The maximum atomic E-state index is 12.1. The first-order chi connectivity index (χ1) is 17.4. The second-order valence-electron chi connectivity index (χ2n) is 8.35. The highest BCUT2D eigenvalue weighted by molar-refractivity contribution is 5.79. The summed E-state index contributed by atoms with van der Waals surface area (Å²) in [5.74, 6) is 0.259. The number of carboxylic acid groups (broad SMARTS) is 1. The molecule has 11 heteroatoms. The van der Waals surface area contributed by atoms with Crippen molar-refractivity contribution in [2.45, 2.75) is 31.2 Å². The van der Waals surface area contributed by atoms with Gasteiger partial charge in [0.1, 0.15) is 30.8 Å². The Morgan fingerprint density at radius 2 is 2.08 bits per heavy atom. The van der Waals surface area contributed by atoms with E-state index in [1.807, 2.05) is 35.2 Å². The van der Waals surface area contributed by atoms with E-state index >= 15 is 0 Å². The topological polar surface area (TPSA) is 148 Å². The summed E-state index contributed by atoms with van der Waals surface area (Å²) in [5.41, 5.74) is 6.44. The van der Waals surface area contributed by atoms with Crippen LogP contribution < -0.4 is 21.1 Å². The lowest BCUT2D eigenvalue weighted by Gasteiger charge is -2.28. The number of methoxy groups -OCH3 is 1. The minimum absolute atomic E-state index is 0.0326. The van der Waals surface area contributed by atoms with Crippen LogP contribution in [-0.4, -0.2) is 78.4 Å². The fraction of sp³-hybridized carbons (Fsp3) is 0.400. The lowest BCUT2D eigenvalue weighted by Crippen LogP contribution is -2.43. The molecule has 1 amide bonds. The summed E-state index contributed by atoms with van der Waals surface area (Å²) in [4.78, 5) is 29.2. The van der Waals surface area contributed by atoms with Gasteiger partial charge in [-0.2, -0.15) is 0 Å². The van der Waals surface area contributed by atoms with E-state index in [1.54, 1.807) is 25.4 Å². The number of aromatic nitrogens is 1. The standard InChI is InChI=1S/C25H33N5O6/c1-17(35-15-18-6-4-3-5-7-18)30-14-21(36-16-24(31)29-13-22(26)25(32)33)10-19(30)12-28-23-11-20(34-2)8-9-27-23/h3-9,11,19,21-22H,1,10,12-16,26H2,2H3,(H,27,28)(H,29,31)(H,32,33)/t19-,21+,22-/m0/s1. The van der Waals surface area contributed by atoms with Gasteiger partial charge in [-0.25, -0.2) is 4.98 Å². The Bertz CT molecular complexity index is 1020. The Labute approximate surface area is 210 Å². The number of amides is 1. The molecule has 3 atom stereocenters. The number of pyridine rings is 1. The molecule has 3 rings (SSSR count). The number of ether oxygens (including phenoxy) is 3. The minimum atomic E-state index is -1.18. The average molecular weight is 500 g/mol. The van der Waals surface area contributed by atoms with Gasteiger partial charge in [0, 0.05) is 31.9 Å². The highest BCUT2D eigenvalue weighted by atomic mass is 16.5. The van der Waals surface area contributed by atoms with Gasteiger partial charge in [0.15, 0.2) is 5.88 Å². The molecule has 1 fully saturated rings. The lowest BCUT2D eigenvalue weighted by molar-refractivity contribution is -0.138. The Balaban J connectivity index is 1.57. The largest absolute Gasteiger partial charge is 0.497 e. The Kier molecular flexibility index (Phi) is 9.90. The number of carboxylic acids is 1. The highest BCUT2D eigenvalue weighted by Crippen LogP contribution is 2.26. The summed E-state index contributed by atoms with van der Waals surface area (Å²) in [5, 5.41) is 14.6. The van der Waals surface area contributed by atoms with Gasteiger partial charge in [-0.1, -0.05) is 30.3 Å². The number of nitrogens with one attached hydrogen (secondary N) is 2. The molecule has 0 unspecified atom stereocenters. The molecule has 194 valence electrons. The SMILES string of the molecule is C=C(OCc1ccccc1)N1C[C@H](OCC(=O)NC[C@H](N)C(=O)O)C[C@H]1CNc1cc(OC)ccn1. The Morgan fingerprint density at radius 1 is 1.31 bits per heavy atom. The molecule has 0 bridgehead atoms. The third kappa shape index (κ3) is 8.14. The number of aliphatic carboxylic acids is 1. The van der Waals surface area contributed by atoms with E-state index in [1.165, 1.54) is 0 Å². The van der Waals surface area contributed by atoms with Crippen molar-refractivity contribution in [3.8, 4) is 5.75 Å². The maximum Gasteiger partial charge on any atom is 0.322 e. The Hall–Kier alpha value is -3.83. The van der Waals surface area contributed by atoms with E-state index in [4.69, 9.17) is 25.1 Å². The van der Waals surface area contributed by atoms with Crippen molar-refractivity contribution in [1.29, 1.82) is 0 Å². The molecule has 1 aliphatic rings. The number of likely N-dealkylation sites (tertiary alicyclic amines) is 1. The number of nitrogens with two attached hydrogens (primary N) is 1. The number of hydrogen-bond acceptors (Lipinski definition) is 9. The molecule has 1 aromatic carbocycles. The highest BCUT2D eigenvalue weighted by Gasteiger charge is 2.34. The summed E-state index contributed by atoms with van der Waals surface area (Å²) in [6, 6.07) is 12.2. The number of nitrogens with zero attached hydrogens (tertiary/aromatic N) is 2. The number of carbonyl (C=O) groups is 2. The van der Waals surface area contributed by atoms with Gasteiger partial charge >= 0.3 is 5.97 Å². The molecule has 0 radical (unpaired) electrons. The van der Waals surface area contributed by atoms with Gasteiger partial charge in [0.2, 0.25) is 5.91 Å². The van der Waals surface area contributed by atoms with Crippen LogP contribution in [0.1, 0.15) is 12.0 Å². The first-order valence-electron chi connectivity index (χ1n) is 11.6. The average Bonchev–Trinajstić information content (AvgIpc) is 3.31. The molecule has 1 aliphatic heterocycles. The van der Waals surface area contributed by atoms with E-state index in [9.17, 15) is 9.59 Å². The molecule has 0 spiro atoms. The van der Waals surface area contributed by atoms with E-state index < -0.39 is 17.9 Å². The summed E-state index contributed by atoms with van der Waals surface area (Å²) >= 11 is 0. The molecule has 2 heterocycles. The van der Waals surface area contributed by atoms with Crippen LogP contribution in [0.15, 0.2) is 61.1 Å². The van der Waals surface area contributed by atoms with E-state index in [-0.39, 0.29) is 25.3 Å². The van der Waals surface area contributed by atoms with Gasteiger partial charge in [0.25, 0.3) is 0 Å². The zero-order chi connectivity index (χ0) is 25.9. The lowest BCUT2D eigenvalue weighted by atomic mass is 10.2. The Morgan fingerprint density at radius 3 is 2.81 bits per heavy atom. The number of carbonyl (C=O) groups excluding carboxylic acids is 1. The van der Waals surface area contributed by atoms with Crippen molar-refractivity contribution in [3.63, 3.8) is 0 Å². The third-order valence-electron chi connectivity index (χ3n) is 5.72. The molecule has 36 heavy (non-hydrogen) atoms. The third-order valence-corrected chi connectivity index (χ3v) is 5.72. The van der Waals surface area contributed by atoms with Crippen LogP contribution in [-0.2, 0) is 25.7 Å². The van der Waals surface area contributed by atoms with Gasteiger partial charge in [-0.3, -0.25) is 9.59 Å². The quantitative estimate of drug-likeness (QED) is 0.279. The van der Waals surface area contributed by atoms with Crippen LogP contribution in [0.4, 0.5) is 5.82 Å². The van der Waals surface area contributed by atoms with Crippen molar-refractivity contribution in [2.75, 3.05) is 38.7 Å². The van der Waals surface area contributed by atoms with Gasteiger partial charge in [-0.05, 0) is 24.6 Å². The van der Waals surface area contributed by atoms with Crippen molar-refractivity contribution < 1.29 is 28.9 Å². The molecule has 11 nitrogen and oxygen atoms in total. The van der Waals surface area contributed by atoms with Gasteiger partial charge < -0.3 is 40.6 Å². The predicted molar refractivity (Wildman–Crippen MR) is 133 cm³/mol. The van der Waals surface area contributed by atoms with E-state index in [2.05, 4.69) is 22.2 Å². The van der Waals surface area contributed by atoms with Crippen LogP contribution in [0, 0.1) is 0 Å². The van der Waals surface area contributed by atoms with Crippen molar-refractivity contribution in [1.82, 2.24) is 15.2 Å². The van der Waals surface area contributed by atoms with E-state index in [0.29, 0.717) is 43.6 Å². The first kappa shape index (κ1) is 26.8. The van der Waals surface area contributed by atoms with Crippen LogP contribution in [0.2, 0.25) is 0 Å². The molecular formula is C25H33N5O6. The second-order valence-corrected chi connectivity index (χ2v) is 8.35. The van der Waals surface area contributed by atoms with Gasteiger partial charge in [-0.15, -0.1) is 0 Å². The fourth-order valence-electron chi connectivity index (χ4n) is 3.73. The van der Waals surface area contributed by atoms with Crippen LogP contribution in [0.25, 0.3) is 0 Å². The fourth-order valence-corrected chi connectivity index (χ4v) is 3.73. The van der Waals surface area contributed by atoms with Crippen molar-refractivity contribution in [3.05, 3.63) is 66.7 Å². The maximum absolute atomic E-state index is 12.1. The molecule has 1 aromatic heterocycles. The predicted octanol–water partition coefficient (Wildman–Crippen LogP) is 1.18. The molecule has 0 saturated carbocycles. The normalized spacial score (nSPS) is 17.8.